The summed E-state index contributed by atoms with van der Waals surface area (Å²) in [5.74, 6) is -0.557. The molecule has 0 bridgehead atoms. The third-order valence-electron chi connectivity index (χ3n) is 5.23. The first-order valence-electron chi connectivity index (χ1n) is 10.2. The van der Waals surface area contributed by atoms with E-state index < -0.39 is 5.91 Å². The normalized spacial score (nSPS) is 11.1. The van der Waals surface area contributed by atoms with Crippen molar-refractivity contribution in [2.75, 3.05) is 6.54 Å². The van der Waals surface area contributed by atoms with Gasteiger partial charge in [-0.15, -0.1) is 11.3 Å². The first kappa shape index (κ1) is 22.0. The van der Waals surface area contributed by atoms with Gasteiger partial charge in [-0.25, -0.2) is 0 Å². The molecule has 2 heterocycles. The molecule has 0 atom stereocenters. The minimum atomic E-state index is -0.432. The van der Waals surface area contributed by atoms with Gasteiger partial charge in [0.1, 0.15) is 4.83 Å². The molecule has 0 fully saturated rings. The molecule has 0 aliphatic heterocycles. The lowest BCUT2D eigenvalue weighted by molar-refractivity contribution is -0.118. The highest BCUT2D eigenvalue weighted by Crippen LogP contribution is 2.30. The molecule has 2 N–H and O–H groups in total. The number of primary amides is 1. The van der Waals surface area contributed by atoms with Crippen LogP contribution in [0.1, 0.15) is 32.9 Å². The first-order valence-corrected chi connectivity index (χ1v) is 11.4. The summed E-state index contributed by atoms with van der Waals surface area (Å²) >= 11 is 7.73. The highest BCUT2D eigenvalue weighted by Gasteiger charge is 2.22. The Kier molecular flexibility index (Phi) is 6.58. The van der Waals surface area contributed by atoms with Crippen LogP contribution in [-0.2, 0) is 17.9 Å². The standard InChI is InChI=1S/C24H23ClN4O2S/c1-16-19-13-21(32-24(19)29(27-16)15-18-9-5-6-10-20(18)25)23(31)28(12-11-22(26)30)14-17-7-3-2-4-8-17/h2-10,13H,11-12,14-15H2,1H3,(H2,26,30). The van der Waals surface area contributed by atoms with Crippen LogP contribution in [0.15, 0.2) is 60.7 Å². The molecule has 4 rings (SSSR count). The van der Waals surface area contributed by atoms with Crippen LogP contribution in [0.3, 0.4) is 0 Å². The smallest absolute Gasteiger partial charge is 0.264 e. The SMILES string of the molecule is Cc1nn(Cc2ccccc2Cl)c2sc(C(=O)N(CCC(N)=O)Cc3ccccc3)cc12. The van der Waals surface area contributed by atoms with Gasteiger partial charge in [-0.1, -0.05) is 60.1 Å². The molecule has 32 heavy (non-hydrogen) atoms. The molecular weight excluding hydrogens is 444 g/mol. The summed E-state index contributed by atoms with van der Waals surface area (Å²) in [6, 6.07) is 19.3. The molecule has 0 unspecified atom stereocenters. The van der Waals surface area contributed by atoms with Crippen molar-refractivity contribution >= 4 is 45.0 Å². The number of nitrogens with two attached hydrogens (primary N) is 1. The van der Waals surface area contributed by atoms with Crippen LogP contribution in [0.2, 0.25) is 5.02 Å². The van der Waals surface area contributed by atoms with E-state index in [0.717, 1.165) is 27.0 Å². The fraction of sp³-hybridized carbons (Fsp3) is 0.208. The molecule has 164 valence electrons. The van der Waals surface area contributed by atoms with Crippen molar-refractivity contribution < 1.29 is 9.59 Å². The molecule has 6 nitrogen and oxygen atoms in total. The zero-order valence-corrected chi connectivity index (χ0v) is 19.2. The van der Waals surface area contributed by atoms with Gasteiger partial charge in [0.05, 0.1) is 17.1 Å². The van der Waals surface area contributed by atoms with Crippen LogP contribution in [0, 0.1) is 6.92 Å². The molecule has 2 aromatic carbocycles. The number of thiophene rings is 1. The van der Waals surface area contributed by atoms with Crippen molar-refractivity contribution in [1.82, 2.24) is 14.7 Å². The fourth-order valence-electron chi connectivity index (χ4n) is 3.57. The fourth-order valence-corrected chi connectivity index (χ4v) is 4.89. The summed E-state index contributed by atoms with van der Waals surface area (Å²) in [6.45, 7) is 3.13. The van der Waals surface area contributed by atoms with E-state index in [0.29, 0.717) is 23.0 Å². The number of carbonyl (C=O) groups is 2. The van der Waals surface area contributed by atoms with E-state index >= 15 is 0 Å². The van der Waals surface area contributed by atoms with E-state index in [-0.39, 0.29) is 18.9 Å². The summed E-state index contributed by atoms with van der Waals surface area (Å²) in [4.78, 5) is 28.0. The van der Waals surface area contributed by atoms with Gasteiger partial charge in [-0.2, -0.15) is 5.10 Å². The molecule has 0 saturated carbocycles. The Hall–Kier alpha value is -3.16. The molecule has 2 amide bonds. The van der Waals surface area contributed by atoms with Gasteiger partial charge < -0.3 is 10.6 Å². The van der Waals surface area contributed by atoms with Crippen LogP contribution >= 0.6 is 22.9 Å². The minimum Gasteiger partial charge on any atom is -0.370 e. The summed E-state index contributed by atoms with van der Waals surface area (Å²) in [5.41, 5.74) is 8.16. The Morgan fingerprint density at radius 2 is 1.84 bits per heavy atom. The van der Waals surface area contributed by atoms with Gasteiger partial charge in [0.15, 0.2) is 0 Å². The predicted octanol–water partition coefficient (Wildman–Crippen LogP) is 4.63. The molecule has 8 heteroatoms. The molecule has 0 radical (unpaired) electrons. The Bertz CT molecular complexity index is 1270. The van der Waals surface area contributed by atoms with E-state index in [1.807, 2.05) is 72.3 Å². The van der Waals surface area contributed by atoms with E-state index in [2.05, 4.69) is 5.10 Å². The Balaban J connectivity index is 1.63. The van der Waals surface area contributed by atoms with Gasteiger partial charge in [-0.3, -0.25) is 14.3 Å². The number of fused-ring (bicyclic) bond motifs is 1. The highest BCUT2D eigenvalue weighted by molar-refractivity contribution is 7.20. The summed E-state index contributed by atoms with van der Waals surface area (Å²) in [6.07, 6.45) is 0.114. The first-order chi connectivity index (χ1) is 15.4. The van der Waals surface area contributed by atoms with Crippen molar-refractivity contribution in [1.29, 1.82) is 0 Å². The molecule has 2 aromatic heterocycles. The lowest BCUT2D eigenvalue weighted by Crippen LogP contribution is -2.33. The van der Waals surface area contributed by atoms with E-state index in [4.69, 9.17) is 17.3 Å². The third kappa shape index (κ3) is 4.84. The lowest BCUT2D eigenvalue weighted by Gasteiger charge is -2.21. The number of halogens is 1. The molecular formula is C24H23ClN4O2S. The van der Waals surface area contributed by atoms with Crippen molar-refractivity contribution in [3.8, 4) is 0 Å². The second-order valence-corrected chi connectivity index (χ2v) is 9.03. The topological polar surface area (TPSA) is 81.2 Å². The Morgan fingerprint density at radius 3 is 2.56 bits per heavy atom. The Morgan fingerprint density at radius 1 is 1.12 bits per heavy atom. The second-order valence-electron chi connectivity index (χ2n) is 7.59. The maximum atomic E-state index is 13.4. The molecule has 4 aromatic rings. The number of aryl methyl sites for hydroxylation is 1. The van der Waals surface area contributed by atoms with Gasteiger partial charge >= 0.3 is 0 Å². The average Bonchev–Trinajstić information content (AvgIpc) is 3.34. The third-order valence-corrected chi connectivity index (χ3v) is 6.73. The quantitative estimate of drug-likeness (QED) is 0.411. The van der Waals surface area contributed by atoms with Crippen LogP contribution < -0.4 is 5.73 Å². The van der Waals surface area contributed by atoms with Crippen LogP contribution in [0.25, 0.3) is 10.2 Å². The molecule has 0 aliphatic rings. The second kappa shape index (κ2) is 9.54. The van der Waals surface area contributed by atoms with Crippen LogP contribution in [-0.4, -0.2) is 33.0 Å². The van der Waals surface area contributed by atoms with Crippen molar-refractivity contribution in [3.05, 3.63) is 87.4 Å². The van der Waals surface area contributed by atoms with E-state index in [1.54, 1.807) is 4.90 Å². The largest absolute Gasteiger partial charge is 0.370 e. The van der Waals surface area contributed by atoms with Crippen LogP contribution in [0.5, 0.6) is 0 Å². The number of amides is 2. The maximum absolute atomic E-state index is 13.4. The summed E-state index contributed by atoms with van der Waals surface area (Å²) in [5, 5.41) is 6.27. The summed E-state index contributed by atoms with van der Waals surface area (Å²) in [7, 11) is 0. The van der Waals surface area contributed by atoms with Gasteiger partial charge in [0, 0.05) is 29.9 Å². The zero-order chi connectivity index (χ0) is 22.7. The van der Waals surface area contributed by atoms with Gasteiger partial charge in [0.25, 0.3) is 5.91 Å². The molecule has 0 aliphatic carbocycles. The maximum Gasteiger partial charge on any atom is 0.264 e. The predicted molar refractivity (Wildman–Crippen MR) is 128 cm³/mol. The number of carbonyl (C=O) groups excluding carboxylic acids is 2. The number of aromatic nitrogens is 2. The van der Waals surface area contributed by atoms with Crippen LogP contribution in [0.4, 0.5) is 0 Å². The molecule has 0 spiro atoms. The number of nitrogens with zero attached hydrogens (tertiary/aromatic N) is 3. The minimum absolute atomic E-state index is 0.114. The van der Waals surface area contributed by atoms with Gasteiger partial charge in [-0.05, 0) is 30.2 Å². The number of hydrogen-bond acceptors (Lipinski definition) is 4. The van der Waals surface area contributed by atoms with Gasteiger partial charge in [0.2, 0.25) is 5.91 Å². The number of benzene rings is 2. The average molecular weight is 467 g/mol. The van der Waals surface area contributed by atoms with Crippen molar-refractivity contribution in [2.24, 2.45) is 5.73 Å². The van der Waals surface area contributed by atoms with Crippen molar-refractivity contribution in [2.45, 2.75) is 26.4 Å². The summed E-state index contributed by atoms with van der Waals surface area (Å²) < 4.78 is 1.89. The van der Waals surface area contributed by atoms with E-state index in [9.17, 15) is 9.59 Å². The number of rotatable bonds is 8. The zero-order valence-electron chi connectivity index (χ0n) is 17.6. The number of hydrogen-bond donors (Lipinski definition) is 1. The van der Waals surface area contributed by atoms with E-state index in [1.165, 1.54) is 11.3 Å². The molecule has 0 saturated heterocycles. The van der Waals surface area contributed by atoms with Crippen molar-refractivity contribution in [3.63, 3.8) is 0 Å². The highest BCUT2D eigenvalue weighted by atomic mass is 35.5. The lowest BCUT2D eigenvalue weighted by atomic mass is 10.2. The Labute approximate surface area is 195 Å². The monoisotopic (exact) mass is 466 g/mol.